The number of para-hydroxylation sites is 1. The van der Waals surface area contributed by atoms with Crippen molar-refractivity contribution >= 4 is 45.8 Å². The summed E-state index contributed by atoms with van der Waals surface area (Å²) in [6.45, 7) is 16.7. The number of hydrogen-bond donors (Lipinski definition) is 1. The SMILES string of the molecule is C=CCCCOc1cccc(Nc2ncc3cc(N4CCN(C(=O)OC(C)(C)C)c5c(C)cccc54)c(=O)n(CC=C)c3n2)c1. The van der Waals surface area contributed by atoms with Gasteiger partial charge in [0.2, 0.25) is 5.95 Å². The van der Waals surface area contributed by atoms with Crippen LogP contribution in [-0.2, 0) is 11.3 Å². The van der Waals surface area contributed by atoms with Crippen molar-refractivity contribution in [3.8, 4) is 5.75 Å². The predicted molar refractivity (Wildman–Crippen MR) is 180 cm³/mol. The van der Waals surface area contributed by atoms with Crippen LogP contribution >= 0.6 is 0 Å². The van der Waals surface area contributed by atoms with E-state index in [1.807, 2.05) is 87.2 Å². The number of allylic oxidation sites excluding steroid dienone is 2. The van der Waals surface area contributed by atoms with Crippen molar-refractivity contribution in [3.05, 3.63) is 96.0 Å². The zero-order valence-corrected chi connectivity index (χ0v) is 26.4. The molecule has 0 saturated heterocycles. The fourth-order valence-corrected chi connectivity index (χ4v) is 5.30. The van der Waals surface area contributed by atoms with Crippen LogP contribution in [0, 0.1) is 6.92 Å². The van der Waals surface area contributed by atoms with E-state index in [1.165, 1.54) is 0 Å². The molecule has 1 N–H and O–H groups in total. The van der Waals surface area contributed by atoms with E-state index in [0.29, 0.717) is 42.4 Å². The van der Waals surface area contributed by atoms with E-state index in [2.05, 4.69) is 23.5 Å². The molecule has 3 heterocycles. The molecule has 0 saturated carbocycles. The van der Waals surface area contributed by atoms with E-state index in [9.17, 15) is 9.59 Å². The minimum atomic E-state index is -0.635. The predicted octanol–water partition coefficient (Wildman–Crippen LogP) is 7.27. The molecule has 1 aliphatic heterocycles. The number of benzene rings is 2. The summed E-state index contributed by atoms with van der Waals surface area (Å²) >= 11 is 0. The van der Waals surface area contributed by atoms with Gasteiger partial charge in [0.05, 0.1) is 18.0 Å². The van der Waals surface area contributed by atoms with Crippen molar-refractivity contribution < 1.29 is 14.3 Å². The number of pyridine rings is 1. The van der Waals surface area contributed by atoms with E-state index >= 15 is 0 Å². The Kier molecular flexibility index (Phi) is 9.22. The molecule has 2 aromatic heterocycles. The number of fused-ring (bicyclic) bond motifs is 2. The number of anilines is 5. The molecule has 0 atom stereocenters. The lowest BCUT2D eigenvalue weighted by atomic mass is 10.1. The lowest BCUT2D eigenvalue weighted by Crippen LogP contribution is -2.46. The molecule has 0 radical (unpaired) electrons. The molecule has 45 heavy (non-hydrogen) atoms. The van der Waals surface area contributed by atoms with Gasteiger partial charge in [-0.3, -0.25) is 14.3 Å². The third kappa shape index (κ3) is 7.01. The fourth-order valence-electron chi connectivity index (χ4n) is 5.30. The zero-order chi connectivity index (χ0) is 32.1. The Morgan fingerprint density at radius 3 is 2.62 bits per heavy atom. The second-order valence-corrected chi connectivity index (χ2v) is 11.9. The standard InChI is InChI=1S/C35H40N6O4/c1-7-9-10-20-44-27-15-12-14-26(22-27)37-33-36-23-25-21-29(32(42)41(17-8-2)31(25)38-33)39-18-19-40(34(43)45-35(4,5)6)30-24(3)13-11-16-28(30)39/h7-8,11-16,21-23H,1-2,9-10,17-20H2,3-6H3,(H,36,37,38). The first kappa shape index (κ1) is 31.3. The Bertz CT molecular complexity index is 1790. The molecule has 0 fully saturated rings. The van der Waals surface area contributed by atoms with Crippen LogP contribution in [0.5, 0.6) is 5.75 Å². The number of aromatic nitrogens is 3. The Labute approximate surface area is 263 Å². The van der Waals surface area contributed by atoms with Crippen molar-refractivity contribution in [1.82, 2.24) is 14.5 Å². The topological polar surface area (TPSA) is 102 Å². The molecular weight excluding hydrogens is 568 g/mol. The minimum Gasteiger partial charge on any atom is -0.494 e. The third-order valence-electron chi connectivity index (χ3n) is 7.26. The largest absolute Gasteiger partial charge is 0.494 e. The van der Waals surface area contributed by atoms with Gasteiger partial charge < -0.3 is 19.7 Å². The van der Waals surface area contributed by atoms with Crippen LogP contribution in [0.3, 0.4) is 0 Å². The molecule has 0 bridgehead atoms. The van der Waals surface area contributed by atoms with Gasteiger partial charge in [-0.05, 0) is 70.4 Å². The number of carbonyl (C=O) groups excluding carboxylic acids is 1. The van der Waals surface area contributed by atoms with Gasteiger partial charge in [-0.25, -0.2) is 9.78 Å². The van der Waals surface area contributed by atoms with Crippen LogP contribution in [0.1, 0.15) is 39.2 Å². The summed E-state index contributed by atoms with van der Waals surface area (Å²) in [4.78, 5) is 40.2. The molecular formula is C35H40N6O4. The average Bonchev–Trinajstić information content (AvgIpc) is 3.00. The van der Waals surface area contributed by atoms with Gasteiger partial charge in [-0.2, -0.15) is 4.98 Å². The molecule has 4 aromatic rings. The van der Waals surface area contributed by atoms with Crippen molar-refractivity contribution in [2.75, 3.05) is 34.8 Å². The molecule has 10 heteroatoms. The molecule has 0 unspecified atom stereocenters. The highest BCUT2D eigenvalue weighted by Crippen LogP contribution is 2.40. The molecule has 5 rings (SSSR count). The Hall–Kier alpha value is -5.12. The fraction of sp³-hybridized carbons (Fsp3) is 0.314. The van der Waals surface area contributed by atoms with E-state index in [-0.39, 0.29) is 12.1 Å². The van der Waals surface area contributed by atoms with E-state index in [1.54, 1.807) is 21.7 Å². The van der Waals surface area contributed by atoms with Gasteiger partial charge in [-0.15, -0.1) is 13.2 Å². The highest BCUT2D eigenvalue weighted by atomic mass is 16.6. The van der Waals surface area contributed by atoms with Gasteiger partial charge in [0.15, 0.2) is 0 Å². The monoisotopic (exact) mass is 608 g/mol. The van der Waals surface area contributed by atoms with Gasteiger partial charge in [0, 0.05) is 43.0 Å². The number of rotatable bonds is 10. The summed E-state index contributed by atoms with van der Waals surface area (Å²) in [6, 6.07) is 15.2. The number of ether oxygens (including phenoxy) is 2. The number of unbranched alkanes of at least 4 members (excludes halogenated alkanes) is 1. The Balaban J connectivity index is 1.49. The lowest BCUT2D eigenvalue weighted by Gasteiger charge is -2.39. The highest BCUT2D eigenvalue weighted by Gasteiger charge is 2.33. The average molecular weight is 609 g/mol. The smallest absolute Gasteiger partial charge is 0.414 e. The number of nitrogens with zero attached hydrogens (tertiary/aromatic N) is 5. The van der Waals surface area contributed by atoms with Crippen LogP contribution in [0.15, 0.2) is 84.8 Å². The summed E-state index contributed by atoms with van der Waals surface area (Å²) in [7, 11) is 0. The van der Waals surface area contributed by atoms with Crippen molar-refractivity contribution in [2.24, 2.45) is 0 Å². The molecule has 1 amide bonds. The Morgan fingerprint density at radius 2 is 1.87 bits per heavy atom. The molecule has 234 valence electrons. The molecule has 10 nitrogen and oxygen atoms in total. The molecule has 1 aliphatic rings. The first-order valence-corrected chi connectivity index (χ1v) is 15.1. The van der Waals surface area contributed by atoms with Crippen LogP contribution in [0.25, 0.3) is 11.0 Å². The maximum absolute atomic E-state index is 14.1. The van der Waals surface area contributed by atoms with Gasteiger partial charge in [0.1, 0.15) is 22.7 Å². The number of amides is 1. The highest BCUT2D eigenvalue weighted by molar-refractivity contribution is 5.97. The quantitative estimate of drug-likeness (QED) is 0.148. The van der Waals surface area contributed by atoms with Gasteiger partial charge >= 0.3 is 6.09 Å². The number of nitrogens with one attached hydrogen (secondary N) is 1. The lowest BCUT2D eigenvalue weighted by molar-refractivity contribution is 0.0580. The maximum atomic E-state index is 14.1. The minimum absolute atomic E-state index is 0.222. The maximum Gasteiger partial charge on any atom is 0.414 e. The van der Waals surface area contributed by atoms with Crippen LogP contribution in [0.4, 0.5) is 33.5 Å². The Morgan fingerprint density at radius 1 is 1.07 bits per heavy atom. The van der Waals surface area contributed by atoms with E-state index in [0.717, 1.165) is 41.2 Å². The summed E-state index contributed by atoms with van der Waals surface area (Å²) < 4.78 is 13.2. The van der Waals surface area contributed by atoms with Crippen molar-refractivity contribution in [3.63, 3.8) is 0 Å². The summed E-state index contributed by atoms with van der Waals surface area (Å²) in [6.07, 6.45) is 6.62. The summed E-state index contributed by atoms with van der Waals surface area (Å²) in [5, 5.41) is 3.93. The zero-order valence-electron chi connectivity index (χ0n) is 26.4. The second-order valence-electron chi connectivity index (χ2n) is 11.9. The van der Waals surface area contributed by atoms with Gasteiger partial charge in [0.25, 0.3) is 5.56 Å². The second kappa shape index (κ2) is 13.3. The van der Waals surface area contributed by atoms with Crippen LogP contribution in [0.2, 0.25) is 0 Å². The van der Waals surface area contributed by atoms with Crippen molar-refractivity contribution in [1.29, 1.82) is 0 Å². The number of carbonyl (C=O) groups is 1. The third-order valence-corrected chi connectivity index (χ3v) is 7.26. The van der Waals surface area contributed by atoms with E-state index < -0.39 is 11.7 Å². The number of aryl methyl sites for hydroxylation is 1. The summed E-state index contributed by atoms with van der Waals surface area (Å²) in [5.41, 5.74) is 3.22. The first-order chi connectivity index (χ1) is 21.6. The first-order valence-electron chi connectivity index (χ1n) is 15.1. The summed E-state index contributed by atoms with van der Waals surface area (Å²) in [5.74, 6) is 1.09. The molecule has 2 aromatic carbocycles. The molecule has 0 aliphatic carbocycles. The normalized spacial score (nSPS) is 12.9. The van der Waals surface area contributed by atoms with Crippen LogP contribution < -0.4 is 25.4 Å². The van der Waals surface area contributed by atoms with E-state index in [4.69, 9.17) is 14.5 Å². The van der Waals surface area contributed by atoms with Crippen LogP contribution in [-0.4, -0.2) is 45.9 Å². The molecule has 0 spiro atoms. The van der Waals surface area contributed by atoms with Gasteiger partial charge in [-0.1, -0.05) is 30.4 Å². The number of hydrogen-bond acceptors (Lipinski definition) is 8. The van der Waals surface area contributed by atoms with Crippen molar-refractivity contribution in [2.45, 2.75) is 52.7 Å².